The first-order valence-corrected chi connectivity index (χ1v) is 21.5. The van der Waals surface area contributed by atoms with Crippen LogP contribution in [0.1, 0.15) is 74.4 Å². The summed E-state index contributed by atoms with van der Waals surface area (Å²) in [6.07, 6.45) is 9.84. The smallest absolute Gasteiger partial charge is 0.264 e. The van der Waals surface area contributed by atoms with Crippen molar-refractivity contribution in [1.82, 2.24) is 14.5 Å². The molecule has 10 nitrogen and oxygen atoms in total. The van der Waals surface area contributed by atoms with Gasteiger partial charge in [0.25, 0.3) is 5.91 Å². The number of nitrogens with one attached hydrogen (secondary N) is 1. The number of nitrogens with zero attached hydrogens (tertiary/aromatic N) is 3. The lowest BCUT2D eigenvalue weighted by atomic mass is 9.64. The van der Waals surface area contributed by atoms with Gasteiger partial charge in [0.15, 0.2) is 0 Å². The van der Waals surface area contributed by atoms with E-state index in [1.807, 2.05) is 37.3 Å². The molecule has 292 valence electrons. The van der Waals surface area contributed by atoms with Crippen molar-refractivity contribution in [2.24, 2.45) is 17.8 Å². The Bertz CT molecular complexity index is 1700. The molecule has 3 aliphatic heterocycles. The van der Waals surface area contributed by atoms with E-state index in [9.17, 15) is 13.2 Å². The van der Waals surface area contributed by atoms with E-state index >= 15 is 0 Å². The van der Waals surface area contributed by atoms with Crippen LogP contribution in [0.4, 0.5) is 5.69 Å². The molecule has 4 aliphatic rings. The Labute approximate surface area is 322 Å². The van der Waals surface area contributed by atoms with Gasteiger partial charge in [-0.3, -0.25) is 14.6 Å². The van der Waals surface area contributed by atoms with E-state index in [0.29, 0.717) is 36.9 Å². The quantitative estimate of drug-likeness (QED) is 0.332. The van der Waals surface area contributed by atoms with Crippen LogP contribution in [0, 0.1) is 17.8 Å². The first-order valence-electron chi connectivity index (χ1n) is 19.6. The van der Waals surface area contributed by atoms with Gasteiger partial charge in [0.2, 0.25) is 10.0 Å². The van der Waals surface area contributed by atoms with Gasteiger partial charge in [0.1, 0.15) is 12.4 Å². The topological polar surface area (TPSA) is 101 Å². The summed E-state index contributed by atoms with van der Waals surface area (Å²) in [5.41, 5.74) is 2.88. The fourth-order valence-electron chi connectivity index (χ4n) is 8.33. The molecule has 5 atom stereocenters. The highest BCUT2D eigenvalue weighted by Gasteiger charge is 2.45. The van der Waals surface area contributed by atoms with Crippen LogP contribution in [0.15, 0.2) is 48.6 Å². The van der Waals surface area contributed by atoms with Gasteiger partial charge < -0.3 is 19.1 Å². The second-order valence-electron chi connectivity index (χ2n) is 15.7. The van der Waals surface area contributed by atoms with E-state index in [2.05, 4.69) is 38.5 Å². The number of allylic oxidation sites excluding steroid dienone is 1. The van der Waals surface area contributed by atoms with E-state index in [0.717, 1.165) is 107 Å². The largest absolute Gasteiger partial charge is 0.487 e. The number of rotatable bonds is 7. The van der Waals surface area contributed by atoms with Crippen LogP contribution in [0.25, 0.3) is 0 Å². The number of hydrogen-bond donors (Lipinski definition) is 1. The molecule has 1 amide bonds. The molecule has 1 N–H and O–H groups in total. The lowest BCUT2D eigenvalue weighted by molar-refractivity contribution is -0.0916. The number of halogens is 1. The number of carbonyl (C=O) groups excluding carboxylic acids is 1. The second kappa shape index (κ2) is 17.9. The maximum absolute atomic E-state index is 13.6. The van der Waals surface area contributed by atoms with Gasteiger partial charge >= 0.3 is 0 Å². The highest BCUT2D eigenvalue weighted by Crippen LogP contribution is 2.46. The van der Waals surface area contributed by atoms with Crippen LogP contribution in [0.5, 0.6) is 5.75 Å². The molecule has 2 fully saturated rings. The molecule has 6 rings (SSSR count). The molecule has 2 bridgehead atoms. The molecule has 0 spiro atoms. The highest BCUT2D eigenvalue weighted by molar-refractivity contribution is 7.90. The summed E-state index contributed by atoms with van der Waals surface area (Å²) in [5.74, 6) is 0.490. The average Bonchev–Trinajstić information content (AvgIpc) is 3.15. The van der Waals surface area contributed by atoms with Gasteiger partial charge in [0.05, 0.1) is 29.8 Å². The third-order valence-electron chi connectivity index (χ3n) is 12.2. The lowest BCUT2D eigenvalue weighted by Gasteiger charge is -2.49. The number of sulfonamides is 1. The normalized spacial score (nSPS) is 29.4. The third-order valence-corrected chi connectivity index (χ3v) is 14.4. The van der Waals surface area contributed by atoms with Crippen LogP contribution >= 0.6 is 11.6 Å². The van der Waals surface area contributed by atoms with Gasteiger partial charge in [-0.25, -0.2) is 13.1 Å². The number of methoxy groups -OCH3 is 1. The minimum absolute atomic E-state index is 0.214. The molecule has 1 saturated carbocycles. The van der Waals surface area contributed by atoms with Crippen molar-refractivity contribution in [3.8, 4) is 5.75 Å². The average molecular weight is 771 g/mol. The SMILES string of the molecule is COCCN1CCN(CCO[C@@]2(C)/C=C/C[C@H](C)[C@@H](C)S(=O)(=O)NC(=O)c3ccc4c(c3)N(CCCCc3cc(Cl)ccc3CO4)C[C@@H]3CC[C@H]32)CC1. The van der Waals surface area contributed by atoms with Gasteiger partial charge in [-0.05, 0) is 112 Å². The summed E-state index contributed by atoms with van der Waals surface area (Å²) in [4.78, 5) is 20.9. The predicted octanol–water partition coefficient (Wildman–Crippen LogP) is 6.17. The minimum Gasteiger partial charge on any atom is -0.487 e. The molecule has 1 saturated heterocycles. The van der Waals surface area contributed by atoms with E-state index < -0.39 is 26.8 Å². The van der Waals surface area contributed by atoms with Gasteiger partial charge in [-0.2, -0.15) is 0 Å². The predicted molar refractivity (Wildman–Crippen MR) is 211 cm³/mol. The zero-order valence-corrected chi connectivity index (χ0v) is 33.6. The second-order valence-corrected chi connectivity index (χ2v) is 18.2. The summed E-state index contributed by atoms with van der Waals surface area (Å²) in [5, 5.41) is -0.0567. The molecule has 0 radical (unpaired) electrons. The summed E-state index contributed by atoms with van der Waals surface area (Å²) in [7, 11) is -2.19. The van der Waals surface area contributed by atoms with E-state index in [1.54, 1.807) is 20.1 Å². The van der Waals surface area contributed by atoms with Crippen LogP contribution < -0.4 is 14.4 Å². The monoisotopic (exact) mass is 770 g/mol. The van der Waals surface area contributed by atoms with Crippen molar-refractivity contribution in [3.05, 3.63) is 70.3 Å². The third kappa shape index (κ3) is 9.96. The number of hydrogen-bond acceptors (Lipinski definition) is 9. The van der Waals surface area contributed by atoms with Crippen LogP contribution in [-0.4, -0.2) is 108 Å². The Morgan fingerprint density at radius 3 is 2.43 bits per heavy atom. The Morgan fingerprint density at radius 1 is 0.962 bits per heavy atom. The standard InChI is InChI=1S/C41H59ClN4O6S/c1-30-8-7-16-41(3,52-25-23-45-20-18-44(19-21-45)22-24-50-4)37-14-11-34(37)28-46-17-6-5-9-32-26-36(42)13-10-35(32)29-51-39-15-12-33(27-38(39)46)40(47)43-53(48,49)31(30)2/h7,10,12-13,15-16,26-27,30-31,34,37H,5-6,8-9,11,14,17-25,28-29H2,1-4H3,(H,43,47)/b16-7+/t30-,31+,34-,37+,41-/m0/s1. The Balaban J connectivity index is 1.27. The van der Waals surface area contributed by atoms with Crippen LogP contribution in [0.2, 0.25) is 5.02 Å². The molecule has 0 aromatic heterocycles. The first-order chi connectivity index (χ1) is 25.5. The summed E-state index contributed by atoms with van der Waals surface area (Å²) >= 11 is 6.40. The Hall–Kier alpha value is -2.67. The number of amides is 1. The molecule has 3 heterocycles. The number of aryl methyl sites for hydroxylation is 1. The van der Waals surface area contributed by atoms with Crippen molar-refractivity contribution in [3.63, 3.8) is 0 Å². The highest BCUT2D eigenvalue weighted by atomic mass is 35.5. The first kappa shape index (κ1) is 40.0. The van der Waals surface area contributed by atoms with Crippen molar-refractivity contribution < 1.29 is 27.4 Å². The summed E-state index contributed by atoms with van der Waals surface area (Å²) < 4.78 is 48.2. The van der Waals surface area contributed by atoms with Crippen molar-refractivity contribution >= 4 is 33.2 Å². The Morgan fingerprint density at radius 2 is 1.72 bits per heavy atom. The van der Waals surface area contributed by atoms with E-state index in [-0.39, 0.29) is 11.8 Å². The fraction of sp³-hybridized carbons (Fsp3) is 0.634. The lowest BCUT2D eigenvalue weighted by Crippen LogP contribution is -2.51. The van der Waals surface area contributed by atoms with Gasteiger partial charge in [0, 0.05) is 70.1 Å². The van der Waals surface area contributed by atoms with E-state index in [4.69, 9.17) is 25.8 Å². The minimum atomic E-state index is -3.95. The summed E-state index contributed by atoms with van der Waals surface area (Å²) in [6.45, 7) is 15.1. The molecular weight excluding hydrogens is 712 g/mol. The maximum atomic E-state index is 13.6. The number of fused-ring (bicyclic) bond motifs is 3. The van der Waals surface area contributed by atoms with Gasteiger partial charge in [-0.15, -0.1) is 0 Å². The van der Waals surface area contributed by atoms with Crippen LogP contribution in [0.3, 0.4) is 0 Å². The molecule has 2 aromatic carbocycles. The molecule has 53 heavy (non-hydrogen) atoms. The molecule has 12 heteroatoms. The molecule has 1 aliphatic carbocycles. The Kier molecular flexibility index (Phi) is 13.5. The van der Waals surface area contributed by atoms with Crippen molar-refractivity contribution in [2.45, 2.75) is 76.8 Å². The van der Waals surface area contributed by atoms with Gasteiger partial charge in [-0.1, -0.05) is 36.7 Å². The zero-order valence-electron chi connectivity index (χ0n) is 32.0. The summed E-state index contributed by atoms with van der Waals surface area (Å²) in [6, 6.07) is 11.3. The van der Waals surface area contributed by atoms with Crippen molar-refractivity contribution in [1.29, 1.82) is 0 Å². The zero-order chi connectivity index (χ0) is 37.6. The molecule has 0 unspecified atom stereocenters. The fourth-order valence-corrected chi connectivity index (χ4v) is 9.81. The number of carbonyl (C=O) groups is 1. The number of piperazine rings is 1. The number of ether oxygens (including phenoxy) is 3. The van der Waals surface area contributed by atoms with Crippen LogP contribution in [-0.2, 0) is 32.5 Å². The molecule has 2 aromatic rings. The molecular formula is C41H59ClN4O6S. The maximum Gasteiger partial charge on any atom is 0.264 e. The number of benzene rings is 2. The van der Waals surface area contributed by atoms with Crippen molar-refractivity contribution in [2.75, 3.05) is 77.6 Å². The van der Waals surface area contributed by atoms with E-state index in [1.165, 1.54) is 5.56 Å². The number of anilines is 1.